The van der Waals surface area contributed by atoms with Crippen LogP contribution in [-0.4, -0.2) is 29.8 Å². The zero-order chi connectivity index (χ0) is 12.3. The van der Waals surface area contributed by atoms with Crippen molar-refractivity contribution in [2.75, 3.05) is 19.0 Å². The molecule has 0 unspecified atom stereocenters. The van der Waals surface area contributed by atoms with Crippen molar-refractivity contribution < 1.29 is 4.79 Å². The van der Waals surface area contributed by atoms with Gasteiger partial charge in [-0.2, -0.15) is 0 Å². The number of piperidine rings is 1. The average Bonchev–Trinajstić information content (AvgIpc) is 2.88. The van der Waals surface area contributed by atoms with Crippen molar-refractivity contribution in [1.29, 1.82) is 0 Å². The second-order valence-electron chi connectivity index (χ2n) is 5.73. The molecule has 2 aliphatic rings. The molecule has 0 N–H and O–H groups in total. The van der Waals surface area contributed by atoms with E-state index in [0.29, 0.717) is 11.8 Å². The average molecular weight is 258 g/mol. The molecule has 2 rings (SSSR count). The van der Waals surface area contributed by atoms with Gasteiger partial charge in [-0.25, -0.2) is 0 Å². The van der Waals surface area contributed by atoms with E-state index in [1.54, 1.807) is 0 Å². The topological polar surface area (TPSA) is 20.3 Å². The molecular weight excluding hydrogens is 234 g/mol. The lowest BCUT2D eigenvalue weighted by Gasteiger charge is -2.37. The minimum Gasteiger partial charge on any atom is -0.342 e. The number of hydrogen-bond donors (Lipinski definition) is 0. The van der Waals surface area contributed by atoms with Crippen molar-refractivity contribution >= 4 is 17.5 Å². The third-order valence-corrected chi connectivity index (χ3v) is 5.25. The summed E-state index contributed by atoms with van der Waals surface area (Å²) in [6, 6.07) is 0. The van der Waals surface area contributed by atoms with Gasteiger partial charge in [-0.1, -0.05) is 19.8 Å². The lowest BCUT2D eigenvalue weighted by atomic mass is 9.81. The summed E-state index contributed by atoms with van der Waals surface area (Å²) in [7, 11) is 0. The third kappa shape index (κ3) is 2.62. The minimum absolute atomic E-state index is 0.00615. The summed E-state index contributed by atoms with van der Waals surface area (Å²) in [5.74, 6) is 1.81. The van der Waals surface area contributed by atoms with Gasteiger partial charge in [-0.05, 0) is 38.0 Å². The van der Waals surface area contributed by atoms with E-state index in [0.717, 1.165) is 51.1 Å². The van der Waals surface area contributed by atoms with Crippen LogP contribution in [0.25, 0.3) is 0 Å². The molecule has 0 spiro atoms. The summed E-state index contributed by atoms with van der Waals surface area (Å²) in [5.41, 5.74) is -0.00615. The van der Waals surface area contributed by atoms with Gasteiger partial charge in [0.25, 0.3) is 0 Å². The maximum Gasteiger partial charge on any atom is 0.228 e. The number of rotatable bonds is 3. The Morgan fingerprint density at radius 3 is 2.35 bits per heavy atom. The van der Waals surface area contributed by atoms with Gasteiger partial charge in [-0.3, -0.25) is 4.79 Å². The second kappa shape index (κ2) is 5.60. The van der Waals surface area contributed by atoms with Crippen molar-refractivity contribution in [3.05, 3.63) is 0 Å². The molecular formula is C14H24ClNO. The second-order valence-corrected chi connectivity index (χ2v) is 6.04. The van der Waals surface area contributed by atoms with E-state index in [1.165, 1.54) is 12.8 Å². The van der Waals surface area contributed by atoms with Crippen LogP contribution < -0.4 is 0 Å². The monoisotopic (exact) mass is 257 g/mol. The van der Waals surface area contributed by atoms with Crippen LogP contribution in [0.15, 0.2) is 0 Å². The number of alkyl halides is 1. The Morgan fingerprint density at radius 1 is 1.29 bits per heavy atom. The fraction of sp³-hybridized carbons (Fsp3) is 0.929. The number of carbonyl (C=O) groups is 1. The smallest absolute Gasteiger partial charge is 0.228 e. The fourth-order valence-corrected chi connectivity index (χ4v) is 3.70. The number of hydrogen-bond acceptors (Lipinski definition) is 1. The highest BCUT2D eigenvalue weighted by Gasteiger charge is 2.42. The summed E-state index contributed by atoms with van der Waals surface area (Å²) in [5, 5.41) is 0. The third-order valence-electron chi connectivity index (χ3n) is 4.81. The maximum absolute atomic E-state index is 12.6. The normalized spacial score (nSPS) is 25.2. The van der Waals surface area contributed by atoms with Gasteiger partial charge >= 0.3 is 0 Å². The van der Waals surface area contributed by atoms with E-state index < -0.39 is 0 Å². The van der Waals surface area contributed by atoms with Gasteiger partial charge in [0, 0.05) is 24.4 Å². The Hall–Kier alpha value is -0.240. The lowest BCUT2D eigenvalue weighted by molar-refractivity contribution is -0.143. The van der Waals surface area contributed by atoms with Crippen LogP contribution in [0.5, 0.6) is 0 Å². The molecule has 1 aliphatic heterocycles. The molecule has 17 heavy (non-hydrogen) atoms. The SMILES string of the molecule is CCC1(C(=O)N2CCC(CCl)CC2)CCCC1. The predicted molar refractivity (Wildman–Crippen MR) is 71.2 cm³/mol. The van der Waals surface area contributed by atoms with Crippen molar-refractivity contribution in [3.8, 4) is 0 Å². The van der Waals surface area contributed by atoms with Crippen LogP contribution in [0.1, 0.15) is 51.9 Å². The van der Waals surface area contributed by atoms with Crippen LogP contribution in [0.3, 0.4) is 0 Å². The number of halogens is 1. The molecule has 0 bridgehead atoms. The van der Waals surface area contributed by atoms with Gasteiger partial charge < -0.3 is 4.90 Å². The molecule has 1 saturated carbocycles. The van der Waals surface area contributed by atoms with Crippen LogP contribution >= 0.6 is 11.6 Å². The van der Waals surface area contributed by atoms with Gasteiger partial charge in [0.1, 0.15) is 0 Å². The van der Waals surface area contributed by atoms with Crippen LogP contribution in [0, 0.1) is 11.3 Å². The van der Waals surface area contributed by atoms with Crippen molar-refractivity contribution in [3.63, 3.8) is 0 Å². The first-order valence-corrected chi connectivity index (χ1v) is 7.60. The first-order valence-electron chi connectivity index (χ1n) is 7.07. The predicted octanol–water partition coefficient (Wildman–Crippen LogP) is 3.43. The van der Waals surface area contributed by atoms with Crippen LogP contribution in [-0.2, 0) is 4.79 Å². The molecule has 0 aromatic carbocycles. The molecule has 0 aromatic rings. The Morgan fingerprint density at radius 2 is 1.88 bits per heavy atom. The number of nitrogens with zero attached hydrogens (tertiary/aromatic N) is 1. The van der Waals surface area contributed by atoms with Crippen LogP contribution in [0.2, 0.25) is 0 Å². The van der Waals surface area contributed by atoms with E-state index in [9.17, 15) is 4.79 Å². The van der Waals surface area contributed by atoms with Gasteiger partial charge in [0.2, 0.25) is 5.91 Å². The number of likely N-dealkylation sites (tertiary alicyclic amines) is 1. The molecule has 1 amide bonds. The highest BCUT2D eigenvalue weighted by Crippen LogP contribution is 2.43. The lowest BCUT2D eigenvalue weighted by Crippen LogP contribution is -2.46. The van der Waals surface area contributed by atoms with Crippen molar-refractivity contribution in [2.24, 2.45) is 11.3 Å². The zero-order valence-electron chi connectivity index (χ0n) is 10.9. The first kappa shape index (κ1) is 13.2. The largest absolute Gasteiger partial charge is 0.342 e. The standard InChI is InChI=1S/C14H24ClNO/c1-2-14(7-3-4-8-14)13(17)16-9-5-12(11-15)6-10-16/h12H,2-11H2,1H3. The van der Waals surface area contributed by atoms with Crippen LogP contribution in [0.4, 0.5) is 0 Å². The Kier molecular flexibility index (Phi) is 4.35. The fourth-order valence-electron chi connectivity index (χ4n) is 3.40. The summed E-state index contributed by atoms with van der Waals surface area (Å²) in [4.78, 5) is 14.8. The molecule has 0 radical (unpaired) electrons. The van der Waals surface area contributed by atoms with Gasteiger partial charge in [-0.15, -0.1) is 11.6 Å². The van der Waals surface area contributed by atoms with E-state index in [4.69, 9.17) is 11.6 Å². The molecule has 0 aromatic heterocycles. The summed E-state index contributed by atoms with van der Waals surface area (Å²) in [6.07, 6.45) is 7.89. The van der Waals surface area contributed by atoms with Gasteiger partial charge in [0.15, 0.2) is 0 Å². The molecule has 1 saturated heterocycles. The molecule has 1 heterocycles. The Bertz CT molecular complexity index is 265. The molecule has 98 valence electrons. The van der Waals surface area contributed by atoms with E-state index >= 15 is 0 Å². The Labute approximate surface area is 110 Å². The van der Waals surface area contributed by atoms with Gasteiger partial charge in [0.05, 0.1) is 0 Å². The van der Waals surface area contributed by atoms with E-state index in [-0.39, 0.29) is 5.41 Å². The van der Waals surface area contributed by atoms with Crippen molar-refractivity contribution in [1.82, 2.24) is 4.90 Å². The molecule has 3 heteroatoms. The summed E-state index contributed by atoms with van der Waals surface area (Å²) >= 11 is 5.89. The van der Waals surface area contributed by atoms with E-state index in [2.05, 4.69) is 11.8 Å². The first-order chi connectivity index (χ1) is 8.22. The highest BCUT2D eigenvalue weighted by molar-refractivity contribution is 6.18. The highest BCUT2D eigenvalue weighted by atomic mass is 35.5. The molecule has 2 nitrogen and oxygen atoms in total. The zero-order valence-corrected chi connectivity index (χ0v) is 11.6. The summed E-state index contributed by atoms with van der Waals surface area (Å²) in [6.45, 7) is 4.03. The van der Waals surface area contributed by atoms with Crippen molar-refractivity contribution in [2.45, 2.75) is 51.9 Å². The Balaban J connectivity index is 1.96. The van der Waals surface area contributed by atoms with E-state index in [1.807, 2.05) is 0 Å². The molecule has 2 fully saturated rings. The maximum atomic E-state index is 12.6. The summed E-state index contributed by atoms with van der Waals surface area (Å²) < 4.78 is 0. The molecule has 1 aliphatic carbocycles. The quantitative estimate of drug-likeness (QED) is 0.710. The number of amides is 1. The molecule has 0 atom stereocenters. The minimum atomic E-state index is -0.00615. The number of carbonyl (C=O) groups excluding carboxylic acids is 1.